The lowest BCUT2D eigenvalue weighted by molar-refractivity contribution is -0.135. The van der Waals surface area contributed by atoms with Gasteiger partial charge in [-0.2, -0.15) is 0 Å². The first-order valence-corrected chi connectivity index (χ1v) is 8.42. The van der Waals surface area contributed by atoms with Gasteiger partial charge in [0, 0.05) is 45.2 Å². The molecule has 0 saturated carbocycles. The predicted octanol–water partition coefficient (Wildman–Crippen LogP) is 0.834. The first-order valence-electron chi connectivity index (χ1n) is 8.42. The van der Waals surface area contributed by atoms with Crippen molar-refractivity contribution in [2.75, 3.05) is 45.9 Å². The highest BCUT2D eigenvalue weighted by Gasteiger charge is 2.29. The Hall–Kier alpha value is -1.34. The minimum Gasteiger partial charge on any atom is -0.444 e. The maximum Gasteiger partial charge on any atom is 0.410 e. The first-order chi connectivity index (χ1) is 10.8. The number of likely N-dealkylation sites (tertiary alicyclic amines) is 1. The van der Waals surface area contributed by atoms with Crippen LogP contribution < -0.4 is 5.32 Å². The van der Waals surface area contributed by atoms with E-state index in [1.54, 1.807) is 4.90 Å². The average Bonchev–Trinajstić information content (AvgIpc) is 2.95. The third-order valence-electron chi connectivity index (χ3n) is 3.98. The second-order valence-corrected chi connectivity index (χ2v) is 7.11. The molecule has 2 saturated heterocycles. The van der Waals surface area contributed by atoms with Crippen LogP contribution in [-0.2, 0) is 14.3 Å². The second-order valence-electron chi connectivity index (χ2n) is 7.11. The van der Waals surface area contributed by atoms with Crippen molar-refractivity contribution in [3.63, 3.8) is 0 Å². The van der Waals surface area contributed by atoms with E-state index in [9.17, 15) is 9.59 Å². The van der Waals surface area contributed by atoms with E-state index in [1.165, 1.54) is 0 Å². The third kappa shape index (κ3) is 5.99. The number of hydrogen-bond donors (Lipinski definition) is 1. The number of amides is 2. The van der Waals surface area contributed by atoms with Crippen LogP contribution in [-0.4, -0.2) is 79.4 Å². The molecule has 2 rings (SSSR count). The van der Waals surface area contributed by atoms with Gasteiger partial charge in [0.25, 0.3) is 0 Å². The minimum absolute atomic E-state index is 0.169. The number of nitrogens with zero attached hydrogens (tertiary/aromatic N) is 2. The van der Waals surface area contributed by atoms with Gasteiger partial charge in [0.05, 0.1) is 13.2 Å². The number of rotatable bonds is 4. The Bertz CT molecular complexity index is 416. The van der Waals surface area contributed by atoms with Gasteiger partial charge in [-0.3, -0.25) is 4.79 Å². The highest BCUT2D eigenvalue weighted by Crippen LogP contribution is 2.15. The zero-order valence-corrected chi connectivity index (χ0v) is 14.5. The van der Waals surface area contributed by atoms with Crippen molar-refractivity contribution in [3.8, 4) is 0 Å². The van der Waals surface area contributed by atoms with Gasteiger partial charge in [-0.15, -0.1) is 0 Å². The molecule has 0 spiro atoms. The van der Waals surface area contributed by atoms with E-state index < -0.39 is 5.60 Å². The van der Waals surface area contributed by atoms with E-state index in [4.69, 9.17) is 9.47 Å². The smallest absolute Gasteiger partial charge is 0.410 e. The van der Waals surface area contributed by atoms with Gasteiger partial charge in [0.15, 0.2) is 0 Å². The van der Waals surface area contributed by atoms with Crippen molar-refractivity contribution in [1.29, 1.82) is 0 Å². The number of hydrogen-bond acceptors (Lipinski definition) is 5. The molecule has 1 unspecified atom stereocenters. The zero-order chi connectivity index (χ0) is 16.9. The van der Waals surface area contributed by atoms with Crippen LogP contribution in [0, 0.1) is 0 Å². The summed E-state index contributed by atoms with van der Waals surface area (Å²) in [5.41, 5.74) is -0.465. The largest absolute Gasteiger partial charge is 0.444 e. The Balaban J connectivity index is 1.64. The monoisotopic (exact) mass is 327 g/mol. The first kappa shape index (κ1) is 18.0. The van der Waals surface area contributed by atoms with E-state index in [0.29, 0.717) is 52.4 Å². The molecule has 1 N–H and O–H groups in total. The van der Waals surface area contributed by atoms with Crippen molar-refractivity contribution in [3.05, 3.63) is 0 Å². The average molecular weight is 327 g/mol. The second kappa shape index (κ2) is 7.97. The molecule has 2 aliphatic rings. The fourth-order valence-electron chi connectivity index (χ4n) is 2.77. The summed E-state index contributed by atoms with van der Waals surface area (Å²) in [4.78, 5) is 27.6. The molecular weight excluding hydrogens is 298 g/mol. The molecular formula is C16H29N3O4. The van der Waals surface area contributed by atoms with Crippen molar-refractivity contribution in [1.82, 2.24) is 15.1 Å². The Morgan fingerprint density at radius 3 is 2.52 bits per heavy atom. The van der Waals surface area contributed by atoms with Crippen molar-refractivity contribution in [2.45, 2.75) is 45.3 Å². The molecule has 0 aromatic carbocycles. The predicted molar refractivity (Wildman–Crippen MR) is 86.2 cm³/mol. The molecule has 2 fully saturated rings. The number of carbonyl (C=O) groups excluding carboxylic acids is 2. The van der Waals surface area contributed by atoms with E-state index in [0.717, 1.165) is 6.42 Å². The Morgan fingerprint density at radius 2 is 1.87 bits per heavy atom. The van der Waals surface area contributed by atoms with Crippen LogP contribution in [0.2, 0.25) is 0 Å². The molecule has 0 aromatic rings. The molecule has 1 atom stereocenters. The molecule has 2 heterocycles. The van der Waals surface area contributed by atoms with E-state index in [-0.39, 0.29) is 18.0 Å². The maximum absolute atomic E-state index is 12.0. The van der Waals surface area contributed by atoms with Gasteiger partial charge in [-0.05, 0) is 27.2 Å². The maximum atomic E-state index is 12.0. The number of morpholine rings is 1. The van der Waals surface area contributed by atoms with Crippen LogP contribution in [0.3, 0.4) is 0 Å². The van der Waals surface area contributed by atoms with Crippen LogP contribution >= 0.6 is 0 Å². The molecule has 0 aromatic heterocycles. The fourth-order valence-corrected chi connectivity index (χ4v) is 2.77. The van der Waals surface area contributed by atoms with E-state index in [1.807, 2.05) is 25.7 Å². The van der Waals surface area contributed by atoms with E-state index >= 15 is 0 Å². The van der Waals surface area contributed by atoms with Crippen molar-refractivity contribution in [2.24, 2.45) is 0 Å². The van der Waals surface area contributed by atoms with Crippen LogP contribution in [0.4, 0.5) is 4.79 Å². The Kier molecular flexibility index (Phi) is 6.24. The SMILES string of the molecule is CC(C)(C)OC(=O)N1CCC(NCCC(=O)N2CCOCC2)C1. The molecule has 0 radical (unpaired) electrons. The topological polar surface area (TPSA) is 71.1 Å². The number of ether oxygens (including phenoxy) is 2. The van der Waals surface area contributed by atoms with Gasteiger partial charge in [0.1, 0.15) is 5.60 Å². The summed E-state index contributed by atoms with van der Waals surface area (Å²) in [5, 5.41) is 3.37. The van der Waals surface area contributed by atoms with Crippen molar-refractivity contribution >= 4 is 12.0 Å². The summed E-state index contributed by atoms with van der Waals surface area (Å²) in [6.07, 6.45) is 1.12. The molecule has 23 heavy (non-hydrogen) atoms. The van der Waals surface area contributed by atoms with Gasteiger partial charge in [-0.25, -0.2) is 4.79 Å². The fraction of sp³-hybridized carbons (Fsp3) is 0.875. The standard InChI is InChI=1S/C16H29N3O4/c1-16(2,3)23-15(21)19-7-5-13(12-19)17-6-4-14(20)18-8-10-22-11-9-18/h13,17H,4-12H2,1-3H3. The van der Waals surface area contributed by atoms with Crippen molar-refractivity contribution < 1.29 is 19.1 Å². The van der Waals surface area contributed by atoms with Gasteiger partial charge >= 0.3 is 6.09 Å². The van der Waals surface area contributed by atoms with Crippen LogP contribution in [0.25, 0.3) is 0 Å². The van der Waals surface area contributed by atoms with Crippen LogP contribution in [0.1, 0.15) is 33.6 Å². The summed E-state index contributed by atoms with van der Waals surface area (Å²) in [5.74, 6) is 0.169. The van der Waals surface area contributed by atoms with Crippen LogP contribution in [0.5, 0.6) is 0 Å². The molecule has 0 bridgehead atoms. The number of carbonyl (C=O) groups is 2. The Morgan fingerprint density at radius 1 is 1.17 bits per heavy atom. The number of nitrogens with one attached hydrogen (secondary N) is 1. The molecule has 2 aliphatic heterocycles. The van der Waals surface area contributed by atoms with E-state index in [2.05, 4.69) is 5.32 Å². The normalized spacial score (nSPS) is 22.3. The lowest BCUT2D eigenvalue weighted by Crippen LogP contribution is -2.43. The lowest BCUT2D eigenvalue weighted by atomic mass is 10.2. The summed E-state index contributed by atoms with van der Waals surface area (Å²) in [6, 6.07) is 0.236. The molecule has 2 amide bonds. The third-order valence-corrected chi connectivity index (χ3v) is 3.98. The van der Waals surface area contributed by atoms with Gasteiger partial charge in [0.2, 0.25) is 5.91 Å². The summed E-state index contributed by atoms with van der Waals surface area (Å²) >= 11 is 0. The zero-order valence-electron chi connectivity index (χ0n) is 14.5. The summed E-state index contributed by atoms with van der Waals surface area (Å²) in [7, 11) is 0. The minimum atomic E-state index is -0.465. The Labute approximate surface area is 138 Å². The van der Waals surface area contributed by atoms with Gasteiger partial charge < -0.3 is 24.6 Å². The van der Waals surface area contributed by atoms with Crippen LogP contribution in [0.15, 0.2) is 0 Å². The van der Waals surface area contributed by atoms with Gasteiger partial charge in [-0.1, -0.05) is 0 Å². The molecule has 7 heteroatoms. The highest BCUT2D eigenvalue weighted by molar-refractivity contribution is 5.76. The summed E-state index contributed by atoms with van der Waals surface area (Å²) < 4.78 is 10.6. The quantitative estimate of drug-likeness (QED) is 0.828. The summed E-state index contributed by atoms with van der Waals surface area (Å²) in [6.45, 7) is 10.2. The lowest BCUT2D eigenvalue weighted by Gasteiger charge is -2.27. The molecule has 7 nitrogen and oxygen atoms in total. The highest BCUT2D eigenvalue weighted by atomic mass is 16.6. The molecule has 0 aliphatic carbocycles. The molecule has 132 valence electrons.